The Morgan fingerprint density at radius 3 is 2.53 bits per heavy atom. The topological polar surface area (TPSA) is 81.4 Å². The molecule has 0 radical (unpaired) electrons. The van der Waals surface area contributed by atoms with E-state index in [1.807, 2.05) is 0 Å². The lowest BCUT2D eigenvalue weighted by Crippen LogP contribution is -2.32. The molecule has 1 rings (SSSR count). The Balaban J connectivity index is 2.09. The molecule has 0 aliphatic heterocycles. The second-order valence-electron chi connectivity index (χ2n) is 3.79. The summed E-state index contributed by atoms with van der Waals surface area (Å²) in [7, 11) is 0. The van der Waals surface area contributed by atoms with Crippen molar-refractivity contribution in [3.8, 4) is 0 Å². The molecule has 0 spiro atoms. The van der Waals surface area contributed by atoms with Crippen LogP contribution in [0.3, 0.4) is 0 Å². The van der Waals surface area contributed by atoms with Gasteiger partial charge in [0.15, 0.2) is 0 Å². The number of carbonyl (C=O) groups excluding carboxylic acids is 2. The maximum atomic E-state index is 11.3. The van der Waals surface area contributed by atoms with Crippen LogP contribution in [0, 0.1) is 0 Å². The molecule has 0 atom stereocenters. The predicted octanol–water partition coefficient (Wildman–Crippen LogP) is 0.921. The van der Waals surface area contributed by atoms with Crippen LogP contribution in [0.15, 0.2) is 0 Å². The Hall–Kier alpha value is -1.26. The average Bonchev–Trinajstić information content (AvgIpc) is 2.18. The summed E-state index contributed by atoms with van der Waals surface area (Å²) >= 11 is 0. The summed E-state index contributed by atoms with van der Waals surface area (Å²) in [5, 5.41) is 2.35. The van der Waals surface area contributed by atoms with Crippen molar-refractivity contribution in [1.29, 1.82) is 0 Å². The molecule has 2 amide bonds. The molecule has 1 fully saturated rings. The molecule has 0 bridgehead atoms. The zero-order valence-electron chi connectivity index (χ0n) is 8.83. The maximum Gasteiger partial charge on any atom is 0.312 e. The molecular weight excluding hydrogens is 196 g/mol. The smallest absolute Gasteiger partial charge is 0.312 e. The van der Waals surface area contributed by atoms with Crippen molar-refractivity contribution in [1.82, 2.24) is 5.32 Å². The normalized spacial score (nSPS) is 17.1. The molecule has 0 aromatic carbocycles. The predicted molar refractivity (Wildman–Crippen MR) is 55.2 cm³/mol. The third-order valence-electron chi connectivity index (χ3n) is 2.48. The van der Waals surface area contributed by atoms with Gasteiger partial charge in [-0.25, -0.2) is 4.79 Å². The Labute approximate surface area is 89.3 Å². The van der Waals surface area contributed by atoms with E-state index in [0.29, 0.717) is 0 Å². The molecule has 1 aliphatic carbocycles. The van der Waals surface area contributed by atoms with Gasteiger partial charge in [-0.15, -0.1) is 0 Å². The number of rotatable bonds is 4. The number of ether oxygens (including phenoxy) is 1. The monoisotopic (exact) mass is 214 g/mol. The lowest BCUT2D eigenvalue weighted by atomic mass is 9.98. The van der Waals surface area contributed by atoms with Crippen LogP contribution in [0.2, 0.25) is 0 Å². The first-order chi connectivity index (χ1) is 7.18. The van der Waals surface area contributed by atoms with Crippen molar-refractivity contribution in [2.45, 2.75) is 44.6 Å². The van der Waals surface area contributed by atoms with Gasteiger partial charge in [0, 0.05) is 6.54 Å². The fraction of sp³-hybridized carbons (Fsp3) is 0.800. The Morgan fingerprint density at radius 1 is 1.27 bits per heavy atom. The second kappa shape index (κ2) is 6.27. The van der Waals surface area contributed by atoms with E-state index in [4.69, 9.17) is 10.5 Å². The fourth-order valence-corrected chi connectivity index (χ4v) is 1.72. The van der Waals surface area contributed by atoms with Crippen LogP contribution in [0.1, 0.15) is 38.5 Å². The first-order valence-corrected chi connectivity index (χ1v) is 5.41. The van der Waals surface area contributed by atoms with Crippen molar-refractivity contribution >= 4 is 12.0 Å². The number of primary amides is 1. The summed E-state index contributed by atoms with van der Waals surface area (Å²) in [5.74, 6) is -0.254. The molecule has 0 aromatic heterocycles. The van der Waals surface area contributed by atoms with Gasteiger partial charge in [-0.05, 0) is 25.7 Å². The number of hydrogen-bond donors (Lipinski definition) is 2. The second-order valence-corrected chi connectivity index (χ2v) is 3.79. The van der Waals surface area contributed by atoms with Gasteiger partial charge in [0.05, 0.1) is 6.42 Å². The minimum absolute atomic E-state index is 0.0832. The third kappa shape index (κ3) is 5.24. The first kappa shape index (κ1) is 11.8. The average molecular weight is 214 g/mol. The molecule has 5 heteroatoms. The molecule has 1 aliphatic rings. The van der Waals surface area contributed by atoms with Crippen molar-refractivity contribution in [2.75, 3.05) is 6.54 Å². The summed E-state index contributed by atoms with van der Waals surface area (Å²) in [6.07, 6.45) is 5.72. The van der Waals surface area contributed by atoms with Crippen molar-refractivity contribution in [3.05, 3.63) is 0 Å². The van der Waals surface area contributed by atoms with Gasteiger partial charge in [0.1, 0.15) is 6.10 Å². The Kier molecular flexibility index (Phi) is 4.93. The number of nitrogens with one attached hydrogen (secondary N) is 1. The summed E-state index contributed by atoms with van der Waals surface area (Å²) in [6.45, 7) is 0.251. The molecule has 0 heterocycles. The van der Waals surface area contributed by atoms with Gasteiger partial charge in [0.2, 0.25) is 0 Å². The van der Waals surface area contributed by atoms with E-state index in [9.17, 15) is 9.59 Å². The zero-order chi connectivity index (χ0) is 11.1. The molecule has 0 saturated heterocycles. The van der Waals surface area contributed by atoms with Crippen molar-refractivity contribution in [3.63, 3.8) is 0 Å². The largest absolute Gasteiger partial charge is 0.462 e. The number of hydrogen-bond acceptors (Lipinski definition) is 3. The highest BCUT2D eigenvalue weighted by molar-refractivity contribution is 5.73. The van der Waals surface area contributed by atoms with Crippen LogP contribution in [0.25, 0.3) is 0 Å². The zero-order valence-corrected chi connectivity index (χ0v) is 8.83. The van der Waals surface area contributed by atoms with E-state index in [0.717, 1.165) is 25.7 Å². The fourth-order valence-electron chi connectivity index (χ4n) is 1.72. The highest BCUT2D eigenvalue weighted by Gasteiger charge is 2.17. The lowest BCUT2D eigenvalue weighted by molar-refractivity contribution is -0.150. The molecule has 1 saturated carbocycles. The van der Waals surface area contributed by atoms with Gasteiger partial charge < -0.3 is 15.8 Å². The number of nitrogens with two attached hydrogens (primary N) is 1. The number of esters is 1. The van der Waals surface area contributed by atoms with E-state index in [1.165, 1.54) is 6.42 Å². The molecule has 5 nitrogen and oxygen atoms in total. The minimum atomic E-state index is -0.611. The van der Waals surface area contributed by atoms with E-state index in [-0.39, 0.29) is 25.0 Å². The Morgan fingerprint density at radius 2 is 1.93 bits per heavy atom. The number of urea groups is 1. The van der Waals surface area contributed by atoms with E-state index < -0.39 is 6.03 Å². The van der Waals surface area contributed by atoms with Crippen molar-refractivity contribution < 1.29 is 14.3 Å². The van der Waals surface area contributed by atoms with Crippen LogP contribution in [-0.2, 0) is 9.53 Å². The molecule has 86 valence electrons. The van der Waals surface area contributed by atoms with Gasteiger partial charge in [-0.1, -0.05) is 6.42 Å². The summed E-state index contributed by atoms with van der Waals surface area (Å²) in [6, 6.07) is -0.611. The van der Waals surface area contributed by atoms with Gasteiger partial charge in [-0.2, -0.15) is 0 Å². The SMILES string of the molecule is NC(=O)NCCC(=O)OC1CCCCC1. The van der Waals surface area contributed by atoms with Crippen LogP contribution >= 0.6 is 0 Å². The van der Waals surface area contributed by atoms with Gasteiger partial charge in [-0.3, -0.25) is 4.79 Å². The highest BCUT2D eigenvalue weighted by Crippen LogP contribution is 2.20. The van der Waals surface area contributed by atoms with Crippen LogP contribution in [0.4, 0.5) is 4.79 Å². The lowest BCUT2D eigenvalue weighted by Gasteiger charge is -2.21. The molecule has 0 aromatic rings. The van der Waals surface area contributed by atoms with E-state index >= 15 is 0 Å². The van der Waals surface area contributed by atoms with Gasteiger partial charge >= 0.3 is 12.0 Å². The molecular formula is C10H18N2O3. The molecule has 15 heavy (non-hydrogen) atoms. The molecule has 3 N–H and O–H groups in total. The van der Waals surface area contributed by atoms with E-state index in [2.05, 4.69) is 5.32 Å². The van der Waals surface area contributed by atoms with E-state index in [1.54, 1.807) is 0 Å². The van der Waals surface area contributed by atoms with Crippen molar-refractivity contribution in [2.24, 2.45) is 5.73 Å². The standard InChI is InChI=1S/C10H18N2O3/c11-10(14)12-7-6-9(13)15-8-4-2-1-3-5-8/h8H,1-7H2,(H3,11,12,14). The number of carbonyl (C=O) groups is 2. The first-order valence-electron chi connectivity index (χ1n) is 5.41. The summed E-state index contributed by atoms with van der Waals surface area (Å²) in [5.41, 5.74) is 4.86. The number of amides is 2. The summed E-state index contributed by atoms with van der Waals surface area (Å²) in [4.78, 5) is 21.6. The van der Waals surface area contributed by atoms with Crippen LogP contribution < -0.4 is 11.1 Å². The van der Waals surface area contributed by atoms with Crippen LogP contribution in [-0.4, -0.2) is 24.6 Å². The maximum absolute atomic E-state index is 11.3. The Bertz CT molecular complexity index is 225. The van der Waals surface area contributed by atoms with Crippen LogP contribution in [0.5, 0.6) is 0 Å². The summed E-state index contributed by atoms with van der Waals surface area (Å²) < 4.78 is 5.24. The highest BCUT2D eigenvalue weighted by atomic mass is 16.5. The minimum Gasteiger partial charge on any atom is -0.462 e. The van der Waals surface area contributed by atoms with Gasteiger partial charge in [0.25, 0.3) is 0 Å². The third-order valence-corrected chi connectivity index (χ3v) is 2.48. The quantitative estimate of drug-likeness (QED) is 0.683. The molecule has 0 unspecified atom stereocenters.